The van der Waals surface area contributed by atoms with E-state index >= 15 is 0 Å². The Morgan fingerprint density at radius 2 is 1.62 bits per heavy atom. The van der Waals surface area contributed by atoms with Gasteiger partial charge >= 0.3 is 0 Å². The molecule has 0 aliphatic heterocycles. The Morgan fingerprint density at radius 3 is 2.25 bits per heavy atom. The molecule has 0 aliphatic carbocycles. The third kappa shape index (κ3) is 5.39. The lowest BCUT2D eigenvalue weighted by atomic mass is 10.1. The summed E-state index contributed by atoms with van der Waals surface area (Å²) < 4.78 is 0. The highest BCUT2D eigenvalue weighted by Gasteiger charge is 2.14. The van der Waals surface area contributed by atoms with Crippen LogP contribution < -0.4 is 10.2 Å². The van der Waals surface area contributed by atoms with Crippen LogP contribution >= 0.6 is 0 Å². The molecule has 0 saturated heterocycles. The van der Waals surface area contributed by atoms with Gasteiger partial charge in [0.25, 0.3) is 0 Å². The van der Waals surface area contributed by atoms with E-state index in [0.717, 1.165) is 11.3 Å². The van der Waals surface area contributed by atoms with Gasteiger partial charge in [-0.15, -0.1) is 6.58 Å². The largest absolute Gasteiger partial charge is 0.355 e. The molecule has 0 aliphatic rings. The second-order valence-electron chi connectivity index (χ2n) is 5.39. The van der Waals surface area contributed by atoms with Gasteiger partial charge in [0.05, 0.1) is 6.42 Å². The topological polar surface area (TPSA) is 49.4 Å². The lowest BCUT2D eigenvalue weighted by Crippen LogP contribution is -2.35. The van der Waals surface area contributed by atoms with Crippen LogP contribution in [0.3, 0.4) is 0 Å². The Kier molecular flexibility index (Phi) is 6.77. The minimum absolute atomic E-state index is 0.0406. The van der Waals surface area contributed by atoms with Crippen molar-refractivity contribution in [2.24, 2.45) is 0 Å². The second kappa shape index (κ2) is 9.30. The van der Waals surface area contributed by atoms with E-state index in [2.05, 4.69) is 11.9 Å². The Hall–Kier alpha value is -2.88. The first-order valence-electron chi connectivity index (χ1n) is 7.97. The number of nitrogens with zero attached hydrogens (tertiary/aromatic N) is 1. The van der Waals surface area contributed by atoms with Crippen LogP contribution in [0.5, 0.6) is 0 Å². The molecule has 0 spiro atoms. The van der Waals surface area contributed by atoms with E-state index in [1.165, 1.54) is 0 Å². The van der Waals surface area contributed by atoms with Gasteiger partial charge in [-0.25, -0.2) is 0 Å². The molecule has 2 rings (SSSR count). The van der Waals surface area contributed by atoms with E-state index in [9.17, 15) is 9.59 Å². The van der Waals surface area contributed by atoms with Gasteiger partial charge in [0.1, 0.15) is 0 Å². The molecule has 0 fully saturated rings. The van der Waals surface area contributed by atoms with Crippen molar-refractivity contribution in [3.8, 4) is 0 Å². The number of para-hydroxylation sites is 1. The van der Waals surface area contributed by atoms with E-state index in [0.29, 0.717) is 19.5 Å². The molecule has 2 amide bonds. The lowest BCUT2D eigenvalue weighted by molar-refractivity contribution is -0.121. The predicted molar refractivity (Wildman–Crippen MR) is 96.8 cm³/mol. The number of amides is 2. The minimum atomic E-state index is -0.0796. The fourth-order valence-corrected chi connectivity index (χ4v) is 2.38. The van der Waals surface area contributed by atoms with Gasteiger partial charge in [-0.05, 0) is 17.7 Å². The summed E-state index contributed by atoms with van der Waals surface area (Å²) in [5.74, 6) is -0.120. The maximum atomic E-state index is 12.4. The van der Waals surface area contributed by atoms with Gasteiger partial charge in [0.2, 0.25) is 11.8 Å². The van der Waals surface area contributed by atoms with E-state index in [4.69, 9.17) is 0 Å². The van der Waals surface area contributed by atoms with Crippen molar-refractivity contribution in [3.05, 3.63) is 78.9 Å². The highest BCUT2D eigenvalue weighted by molar-refractivity contribution is 5.94. The number of rotatable bonds is 8. The van der Waals surface area contributed by atoms with Crippen LogP contribution in [0.2, 0.25) is 0 Å². The molecule has 0 atom stereocenters. The van der Waals surface area contributed by atoms with Crippen LogP contribution in [0.25, 0.3) is 0 Å². The van der Waals surface area contributed by atoms with Crippen LogP contribution in [-0.2, 0) is 16.0 Å². The van der Waals surface area contributed by atoms with Crippen molar-refractivity contribution < 1.29 is 9.59 Å². The Morgan fingerprint density at radius 1 is 1.00 bits per heavy atom. The average molecular weight is 322 g/mol. The quantitative estimate of drug-likeness (QED) is 0.760. The zero-order valence-corrected chi connectivity index (χ0v) is 13.7. The average Bonchev–Trinajstić information content (AvgIpc) is 2.61. The molecule has 4 heteroatoms. The SMILES string of the molecule is C=CCN(C(=O)CCNC(=O)Cc1ccccc1)c1ccccc1. The van der Waals surface area contributed by atoms with Crippen molar-refractivity contribution in [1.29, 1.82) is 0 Å². The van der Waals surface area contributed by atoms with E-state index in [1.807, 2.05) is 60.7 Å². The monoisotopic (exact) mass is 322 g/mol. The zero-order valence-electron chi connectivity index (χ0n) is 13.7. The van der Waals surface area contributed by atoms with Gasteiger partial charge in [0.15, 0.2) is 0 Å². The van der Waals surface area contributed by atoms with Gasteiger partial charge in [0, 0.05) is 25.2 Å². The van der Waals surface area contributed by atoms with E-state index < -0.39 is 0 Å². The first-order chi connectivity index (χ1) is 11.7. The molecule has 124 valence electrons. The molecule has 24 heavy (non-hydrogen) atoms. The molecule has 2 aromatic carbocycles. The van der Waals surface area contributed by atoms with Crippen molar-refractivity contribution in [2.75, 3.05) is 18.0 Å². The van der Waals surface area contributed by atoms with Crippen molar-refractivity contribution in [2.45, 2.75) is 12.8 Å². The van der Waals surface area contributed by atoms with Crippen LogP contribution in [-0.4, -0.2) is 24.9 Å². The van der Waals surface area contributed by atoms with Gasteiger partial charge < -0.3 is 10.2 Å². The Balaban J connectivity index is 1.82. The van der Waals surface area contributed by atoms with Crippen molar-refractivity contribution in [3.63, 3.8) is 0 Å². The highest BCUT2D eigenvalue weighted by atomic mass is 16.2. The van der Waals surface area contributed by atoms with Crippen molar-refractivity contribution >= 4 is 17.5 Å². The smallest absolute Gasteiger partial charge is 0.229 e. The van der Waals surface area contributed by atoms with Crippen LogP contribution in [0.1, 0.15) is 12.0 Å². The first-order valence-corrected chi connectivity index (χ1v) is 7.97. The molecule has 4 nitrogen and oxygen atoms in total. The third-order valence-electron chi connectivity index (χ3n) is 3.55. The number of carbonyl (C=O) groups excluding carboxylic acids is 2. The Labute approximate surface area is 142 Å². The molecule has 0 radical (unpaired) electrons. The summed E-state index contributed by atoms with van der Waals surface area (Å²) in [6.45, 7) is 4.47. The van der Waals surface area contributed by atoms with Crippen LogP contribution in [0, 0.1) is 0 Å². The molecule has 0 bridgehead atoms. The Bertz CT molecular complexity index is 669. The summed E-state index contributed by atoms with van der Waals surface area (Å²) in [5.41, 5.74) is 1.79. The molecule has 0 heterocycles. The lowest BCUT2D eigenvalue weighted by Gasteiger charge is -2.21. The number of hydrogen-bond acceptors (Lipinski definition) is 2. The van der Waals surface area contributed by atoms with E-state index in [-0.39, 0.29) is 18.2 Å². The maximum absolute atomic E-state index is 12.4. The second-order valence-corrected chi connectivity index (χ2v) is 5.39. The number of benzene rings is 2. The number of nitrogens with one attached hydrogen (secondary N) is 1. The fourth-order valence-electron chi connectivity index (χ4n) is 2.38. The highest BCUT2D eigenvalue weighted by Crippen LogP contribution is 2.14. The molecule has 1 N–H and O–H groups in total. The first kappa shape index (κ1) is 17.5. The van der Waals surface area contributed by atoms with Crippen LogP contribution in [0.15, 0.2) is 73.3 Å². The summed E-state index contributed by atoms with van der Waals surface area (Å²) in [7, 11) is 0. The summed E-state index contributed by atoms with van der Waals surface area (Å²) in [6.07, 6.45) is 2.27. The van der Waals surface area contributed by atoms with Crippen molar-refractivity contribution in [1.82, 2.24) is 5.32 Å². The van der Waals surface area contributed by atoms with E-state index in [1.54, 1.807) is 11.0 Å². The van der Waals surface area contributed by atoms with Crippen LogP contribution in [0.4, 0.5) is 5.69 Å². The maximum Gasteiger partial charge on any atom is 0.229 e. The normalized spacial score (nSPS) is 10.0. The molecule has 0 aromatic heterocycles. The predicted octanol–water partition coefficient (Wildman–Crippen LogP) is 2.95. The van der Waals surface area contributed by atoms with Gasteiger partial charge in [-0.1, -0.05) is 54.6 Å². The molecule has 0 unspecified atom stereocenters. The summed E-state index contributed by atoms with van der Waals surface area (Å²) >= 11 is 0. The fraction of sp³-hybridized carbons (Fsp3) is 0.200. The van der Waals surface area contributed by atoms with Gasteiger partial charge in [-0.3, -0.25) is 9.59 Å². The molecular weight excluding hydrogens is 300 g/mol. The summed E-state index contributed by atoms with van der Waals surface area (Å²) in [5, 5.41) is 2.80. The number of anilines is 1. The van der Waals surface area contributed by atoms with Gasteiger partial charge in [-0.2, -0.15) is 0 Å². The molecular formula is C20H22N2O2. The summed E-state index contributed by atoms with van der Waals surface area (Å²) in [6, 6.07) is 19.0. The molecule has 0 saturated carbocycles. The number of carbonyl (C=O) groups is 2. The minimum Gasteiger partial charge on any atom is -0.355 e. The molecule has 2 aromatic rings. The standard InChI is InChI=1S/C20H22N2O2/c1-2-15-22(18-11-7-4-8-12-18)20(24)13-14-21-19(23)16-17-9-5-3-6-10-17/h2-12H,1,13-16H2,(H,21,23). The number of hydrogen-bond donors (Lipinski definition) is 1. The summed E-state index contributed by atoms with van der Waals surface area (Å²) in [4.78, 5) is 26.0. The zero-order chi connectivity index (χ0) is 17.2. The third-order valence-corrected chi connectivity index (χ3v) is 3.55.